The molecule has 0 aliphatic heterocycles. The van der Waals surface area contributed by atoms with Gasteiger partial charge >= 0.3 is 0 Å². The van der Waals surface area contributed by atoms with Crippen LogP contribution in [0.3, 0.4) is 0 Å². The largest absolute Gasteiger partial charge is 0.309 e. The molecule has 0 saturated carbocycles. The highest BCUT2D eigenvalue weighted by Gasteiger charge is 2.46. The van der Waals surface area contributed by atoms with Crippen LogP contribution in [0.15, 0.2) is 218 Å². The van der Waals surface area contributed by atoms with E-state index in [0.29, 0.717) is 0 Å². The summed E-state index contributed by atoms with van der Waals surface area (Å²) < 4.78 is 2.40. The monoisotopic (exact) mass is 760 g/mol. The molecular formula is C58H36N2. The normalized spacial score (nSPS) is 13.1. The molecule has 9 aromatic carbocycles. The van der Waals surface area contributed by atoms with Gasteiger partial charge in [-0.3, -0.25) is 0 Å². The summed E-state index contributed by atoms with van der Waals surface area (Å²) >= 11 is 0. The zero-order chi connectivity index (χ0) is 39.4. The molecular weight excluding hydrogens is 725 g/mol. The molecule has 11 aromatic rings. The second-order valence-electron chi connectivity index (χ2n) is 16.2. The molecule has 2 aliphatic carbocycles. The lowest BCUT2D eigenvalue weighted by atomic mass is 9.67. The molecule has 60 heavy (non-hydrogen) atoms. The Kier molecular flexibility index (Phi) is 6.97. The first-order valence-electron chi connectivity index (χ1n) is 20.8. The molecule has 2 aliphatic rings. The van der Waals surface area contributed by atoms with Crippen molar-refractivity contribution < 1.29 is 0 Å². The van der Waals surface area contributed by atoms with Gasteiger partial charge in [0.2, 0.25) is 0 Å². The van der Waals surface area contributed by atoms with Crippen molar-refractivity contribution in [2.24, 2.45) is 0 Å². The summed E-state index contributed by atoms with van der Waals surface area (Å²) in [6, 6.07) is 80.4. The van der Waals surface area contributed by atoms with Crippen molar-refractivity contribution in [1.82, 2.24) is 9.55 Å². The van der Waals surface area contributed by atoms with Gasteiger partial charge in [0.15, 0.2) is 0 Å². The topological polar surface area (TPSA) is 17.8 Å². The Hall–Kier alpha value is -7.81. The maximum atomic E-state index is 5.19. The predicted octanol–water partition coefficient (Wildman–Crippen LogP) is 14.7. The van der Waals surface area contributed by atoms with Gasteiger partial charge in [0.25, 0.3) is 0 Å². The van der Waals surface area contributed by atoms with Crippen LogP contribution in [0.2, 0.25) is 0 Å². The van der Waals surface area contributed by atoms with Crippen molar-refractivity contribution in [3.8, 4) is 61.5 Å². The highest BCUT2D eigenvalue weighted by Crippen LogP contribution is 2.57. The molecule has 13 rings (SSSR count). The molecule has 0 saturated heterocycles. The summed E-state index contributed by atoms with van der Waals surface area (Å²) in [5, 5.41) is 3.73. The van der Waals surface area contributed by atoms with Crippen LogP contribution in [-0.4, -0.2) is 9.55 Å². The Bertz CT molecular complexity index is 3480. The van der Waals surface area contributed by atoms with Gasteiger partial charge in [-0.05, 0) is 115 Å². The first-order valence-corrected chi connectivity index (χ1v) is 20.8. The van der Waals surface area contributed by atoms with Crippen molar-refractivity contribution in [3.05, 3.63) is 241 Å². The smallest absolute Gasteiger partial charge is 0.0722 e. The van der Waals surface area contributed by atoms with Gasteiger partial charge in [-0.2, -0.15) is 0 Å². The van der Waals surface area contributed by atoms with Gasteiger partial charge in [-0.15, -0.1) is 0 Å². The fourth-order valence-corrected chi connectivity index (χ4v) is 10.7. The quantitative estimate of drug-likeness (QED) is 0.171. The van der Waals surface area contributed by atoms with E-state index >= 15 is 0 Å². The summed E-state index contributed by atoms with van der Waals surface area (Å²) in [6.45, 7) is 0. The molecule has 2 aromatic heterocycles. The van der Waals surface area contributed by atoms with E-state index in [0.717, 1.165) is 22.5 Å². The van der Waals surface area contributed by atoms with Crippen LogP contribution < -0.4 is 0 Å². The molecule has 0 N–H and O–H groups in total. The molecule has 0 spiro atoms. The average Bonchev–Trinajstić information content (AvgIpc) is 3.94. The Morgan fingerprint density at radius 3 is 1.72 bits per heavy atom. The first-order chi connectivity index (χ1) is 29.8. The third-order valence-electron chi connectivity index (χ3n) is 13.2. The lowest BCUT2D eigenvalue weighted by Gasteiger charge is -2.33. The van der Waals surface area contributed by atoms with Crippen molar-refractivity contribution in [2.45, 2.75) is 5.41 Å². The van der Waals surface area contributed by atoms with Gasteiger partial charge in [-0.1, -0.05) is 170 Å². The van der Waals surface area contributed by atoms with E-state index in [1.165, 1.54) is 94.0 Å². The maximum absolute atomic E-state index is 5.19. The predicted molar refractivity (Wildman–Crippen MR) is 249 cm³/mol. The number of rotatable bonds is 5. The molecule has 2 heterocycles. The summed E-state index contributed by atoms with van der Waals surface area (Å²) in [5.41, 5.74) is 21.6. The second kappa shape index (κ2) is 12.6. The van der Waals surface area contributed by atoms with E-state index in [9.17, 15) is 0 Å². The van der Waals surface area contributed by atoms with Crippen LogP contribution in [-0.2, 0) is 5.41 Å². The fraction of sp³-hybridized carbons (Fsp3) is 0.0172. The number of para-hydroxylation sites is 1. The molecule has 0 bridgehead atoms. The van der Waals surface area contributed by atoms with Gasteiger partial charge in [0.1, 0.15) is 0 Å². The Labute approximate surface area is 348 Å². The van der Waals surface area contributed by atoms with Crippen LogP contribution >= 0.6 is 0 Å². The fourth-order valence-electron chi connectivity index (χ4n) is 10.7. The molecule has 0 unspecified atom stereocenters. The Morgan fingerprint density at radius 1 is 0.350 bits per heavy atom. The summed E-state index contributed by atoms with van der Waals surface area (Å²) in [5.74, 6) is 0. The SMILES string of the molecule is c1ccc(C2(c3ccccc3)c3ccccc3-c3cc(-c4ccc5c(c4)c4ccccc4n5-c4ccc(-c5cc6c7c(cccc7n5)-c5ccccc5-6)cc4)ccc32)cc1. The van der Waals surface area contributed by atoms with Crippen LogP contribution in [0.25, 0.3) is 94.2 Å². The van der Waals surface area contributed by atoms with Crippen LogP contribution in [0, 0.1) is 0 Å². The first kappa shape index (κ1) is 33.2. The van der Waals surface area contributed by atoms with Gasteiger partial charge in [-0.25, -0.2) is 4.98 Å². The third kappa shape index (κ3) is 4.56. The molecule has 0 fully saturated rings. The number of nitrogens with zero attached hydrogens (tertiary/aromatic N) is 2. The lowest BCUT2D eigenvalue weighted by molar-refractivity contribution is 0.768. The summed E-state index contributed by atoms with van der Waals surface area (Å²) in [7, 11) is 0. The highest BCUT2D eigenvalue weighted by atomic mass is 15.0. The standard InChI is InChI=1S/C58H36N2/c1-3-14-40(15-4-1)58(41-16-5-2-6-17-41)51-23-11-9-20-45(51)48-34-38(28-32-52(48)58)39-29-33-56-49(35-39)46-21-10-12-25-55(46)60(56)42-30-26-37(27-31-42)54-36-50-44-19-8-7-18-43(44)47-22-13-24-53(59-54)57(47)50/h1-36H. The summed E-state index contributed by atoms with van der Waals surface area (Å²) in [6.07, 6.45) is 0. The van der Waals surface area contributed by atoms with E-state index in [1.54, 1.807) is 0 Å². The van der Waals surface area contributed by atoms with Crippen LogP contribution in [0.1, 0.15) is 22.3 Å². The van der Waals surface area contributed by atoms with E-state index in [-0.39, 0.29) is 0 Å². The number of aromatic nitrogens is 2. The average molecular weight is 761 g/mol. The Morgan fingerprint density at radius 2 is 0.933 bits per heavy atom. The second-order valence-corrected chi connectivity index (χ2v) is 16.2. The molecule has 2 heteroatoms. The summed E-state index contributed by atoms with van der Waals surface area (Å²) in [4.78, 5) is 5.19. The maximum Gasteiger partial charge on any atom is 0.0722 e. The Balaban J connectivity index is 0.924. The van der Waals surface area contributed by atoms with Gasteiger partial charge < -0.3 is 4.57 Å². The number of hydrogen-bond donors (Lipinski definition) is 0. The van der Waals surface area contributed by atoms with Gasteiger partial charge in [0, 0.05) is 27.4 Å². The number of hydrogen-bond acceptors (Lipinski definition) is 1. The number of pyridine rings is 1. The lowest BCUT2D eigenvalue weighted by Crippen LogP contribution is -2.28. The zero-order valence-corrected chi connectivity index (χ0v) is 32.7. The third-order valence-corrected chi connectivity index (χ3v) is 13.2. The minimum Gasteiger partial charge on any atom is -0.309 e. The molecule has 278 valence electrons. The number of fused-ring (bicyclic) bond motifs is 9. The van der Waals surface area contributed by atoms with Crippen molar-refractivity contribution in [2.75, 3.05) is 0 Å². The van der Waals surface area contributed by atoms with Gasteiger partial charge in [0.05, 0.1) is 27.7 Å². The van der Waals surface area contributed by atoms with Crippen molar-refractivity contribution in [1.29, 1.82) is 0 Å². The zero-order valence-electron chi connectivity index (χ0n) is 32.7. The molecule has 0 radical (unpaired) electrons. The van der Waals surface area contributed by atoms with E-state index in [1.807, 2.05) is 0 Å². The van der Waals surface area contributed by atoms with Crippen LogP contribution in [0.4, 0.5) is 0 Å². The van der Waals surface area contributed by atoms with E-state index in [4.69, 9.17) is 4.98 Å². The molecule has 2 nitrogen and oxygen atoms in total. The minimum atomic E-state index is -0.406. The molecule has 0 amide bonds. The van der Waals surface area contributed by atoms with Crippen molar-refractivity contribution >= 4 is 32.7 Å². The number of benzene rings is 9. The van der Waals surface area contributed by atoms with Crippen molar-refractivity contribution in [3.63, 3.8) is 0 Å². The van der Waals surface area contributed by atoms with E-state index < -0.39 is 5.41 Å². The highest BCUT2D eigenvalue weighted by molar-refractivity contribution is 6.15. The van der Waals surface area contributed by atoms with E-state index in [2.05, 4.69) is 223 Å². The minimum absolute atomic E-state index is 0.406. The van der Waals surface area contributed by atoms with Crippen LogP contribution in [0.5, 0.6) is 0 Å². The molecule has 0 atom stereocenters.